The summed E-state index contributed by atoms with van der Waals surface area (Å²) in [7, 11) is 0. The number of nitrogens with one attached hydrogen (secondary N) is 1. The highest BCUT2D eigenvalue weighted by Crippen LogP contribution is 2.06. The van der Waals surface area contributed by atoms with Crippen molar-refractivity contribution in [3.05, 3.63) is 35.9 Å². The van der Waals surface area contributed by atoms with Crippen molar-refractivity contribution in [2.24, 2.45) is 0 Å². The highest BCUT2D eigenvalue weighted by Gasteiger charge is 2.16. The second-order valence-electron chi connectivity index (χ2n) is 2.87. The topological polar surface area (TPSA) is 30.5 Å². The lowest BCUT2D eigenvalue weighted by Gasteiger charge is -2.04. The average Bonchev–Trinajstić information content (AvgIpc) is 2.59. The largest absolute Gasteiger partial charge is 0.216 e. The van der Waals surface area contributed by atoms with Crippen molar-refractivity contribution >= 4 is 0 Å². The number of rotatable bonds is 2. The molecule has 3 heteroatoms. The van der Waals surface area contributed by atoms with Crippen molar-refractivity contribution < 1.29 is 9.88 Å². The first kappa shape index (κ1) is 7.73. The van der Waals surface area contributed by atoms with E-state index in [1.165, 1.54) is 5.56 Å². The third kappa shape index (κ3) is 1.82. The molecule has 1 N–H and O–H groups in total. The molecule has 12 heavy (non-hydrogen) atoms. The first-order chi connectivity index (χ1) is 5.95. The first-order valence-corrected chi connectivity index (χ1v) is 4.03. The van der Waals surface area contributed by atoms with Gasteiger partial charge in [-0.3, -0.25) is 0 Å². The number of hydrogen-bond donors (Lipinski definition) is 1. The van der Waals surface area contributed by atoms with Crippen LogP contribution in [0.4, 0.5) is 0 Å². The molecule has 64 valence electrons. The molecule has 0 aliphatic carbocycles. The zero-order valence-electron chi connectivity index (χ0n) is 6.69. The molecule has 1 saturated heterocycles. The fourth-order valence-electron chi connectivity index (χ4n) is 1.25. The summed E-state index contributed by atoms with van der Waals surface area (Å²) in [4.78, 5) is 9.30. The monoisotopic (exact) mass is 165 g/mol. The molecule has 0 radical (unpaired) electrons. The molecule has 2 rings (SSSR count). The van der Waals surface area contributed by atoms with Gasteiger partial charge in [0.15, 0.2) is 0 Å². The van der Waals surface area contributed by atoms with Crippen LogP contribution in [0, 0.1) is 0 Å². The van der Waals surface area contributed by atoms with Crippen LogP contribution in [0.5, 0.6) is 0 Å². The van der Waals surface area contributed by atoms with E-state index in [0.717, 1.165) is 6.42 Å². The van der Waals surface area contributed by atoms with Gasteiger partial charge in [-0.05, 0) is 12.0 Å². The van der Waals surface area contributed by atoms with Crippen LogP contribution in [-0.2, 0) is 16.3 Å². The molecule has 1 aliphatic rings. The molecule has 1 fully saturated rings. The summed E-state index contributed by atoms with van der Waals surface area (Å²) < 4.78 is 0. The third-order valence-electron chi connectivity index (χ3n) is 1.87. The van der Waals surface area contributed by atoms with Crippen molar-refractivity contribution in [1.29, 1.82) is 0 Å². The van der Waals surface area contributed by atoms with Gasteiger partial charge in [0.1, 0.15) is 6.61 Å². The molecule has 0 saturated carbocycles. The van der Waals surface area contributed by atoms with Gasteiger partial charge in [0.25, 0.3) is 0 Å². The number of benzene rings is 1. The standard InChI is InChI=1S/C9H11NO2/c1-2-4-8(5-3-1)6-9-7-11-12-10-9/h1-5,9-10H,6-7H2/t9-/m0/s1. The lowest BCUT2D eigenvalue weighted by atomic mass is 10.1. The van der Waals surface area contributed by atoms with Crippen LogP contribution in [0.15, 0.2) is 30.3 Å². The van der Waals surface area contributed by atoms with E-state index in [-0.39, 0.29) is 6.04 Å². The van der Waals surface area contributed by atoms with Crippen molar-refractivity contribution in [2.75, 3.05) is 6.61 Å². The maximum absolute atomic E-state index is 4.72. The summed E-state index contributed by atoms with van der Waals surface area (Å²) in [5.41, 5.74) is 4.08. The van der Waals surface area contributed by atoms with Gasteiger partial charge in [-0.2, -0.15) is 5.48 Å². The third-order valence-corrected chi connectivity index (χ3v) is 1.87. The van der Waals surface area contributed by atoms with E-state index >= 15 is 0 Å². The highest BCUT2D eigenvalue weighted by molar-refractivity contribution is 5.15. The maximum atomic E-state index is 4.72. The summed E-state index contributed by atoms with van der Waals surface area (Å²) in [6.07, 6.45) is 0.945. The van der Waals surface area contributed by atoms with Gasteiger partial charge >= 0.3 is 0 Å². The molecule has 0 unspecified atom stereocenters. The summed E-state index contributed by atoms with van der Waals surface area (Å²) >= 11 is 0. The Balaban J connectivity index is 1.94. The van der Waals surface area contributed by atoms with E-state index in [1.54, 1.807) is 0 Å². The second kappa shape index (κ2) is 3.67. The van der Waals surface area contributed by atoms with Crippen molar-refractivity contribution in [2.45, 2.75) is 12.5 Å². The fourth-order valence-corrected chi connectivity index (χ4v) is 1.25. The molecule has 1 aromatic carbocycles. The van der Waals surface area contributed by atoms with Crippen LogP contribution >= 0.6 is 0 Å². The van der Waals surface area contributed by atoms with Crippen molar-refractivity contribution in [1.82, 2.24) is 5.48 Å². The van der Waals surface area contributed by atoms with Crippen LogP contribution in [-0.4, -0.2) is 12.6 Å². The van der Waals surface area contributed by atoms with Crippen molar-refractivity contribution in [3.63, 3.8) is 0 Å². The first-order valence-electron chi connectivity index (χ1n) is 4.03. The molecule has 1 aliphatic heterocycles. The van der Waals surface area contributed by atoms with Gasteiger partial charge in [0.2, 0.25) is 0 Å². The molecule has 1 atom stereocenters. The lowest BCUT2D eigenvalue weighted by molar-refractivity contribution is -0.285. The predicted octanol–water partition coefficient (Wildman–Crippen LogP) is 1.06. The van der Waals surface area contributed by atoms with E-state index in [1.807, 2.05) is 18.2 Å². The van der Waals surface area contributed by atoms with Crippen LogP contribution in [0.2, 0.25) is 0 Å². The van der Waals surface area contributed by atoms with Crippen LogP contribution < -0.4 is 5.48 Å². The van der Waals surface area contributed by atoms with Gasteiger partial charge in [-0.15, -0.1) is 4.99 Å². The summed E-state index contributed by atoms with van der Waals surface area (Å²) in [5.74, 6) is 0. The van der Waals surface area contributed by atoms with E-state index in [4.69, 9.17) is 4.89 Å². The molecular formula is C9H11NO2. The van der Waals surface area contributed by atoms with E-state index in [9.17, 15) is 0 Å². The van der Waals surface area contributed by atoms with E-state index < -0.39 is 0 Å². The van der Waals surface area contributed by atoms with E-state index in [0.29, 0.717) is 6.61 Å². The molecule has 0 bridgehead atoms. The Morgan fingerprint density at radius 2 is 2.17 bits per heavy atom. The van der Waals surface area contributed by atoms with Gasteiger partial charge in [0, 0.05) is 0 Å². The molecule has 3 nitrogen and oxygen atoms in total. The average molecular weight is 165 g/mol. The number of hydroxylamine groups is 1. The Morgan fingerprint density at radius 3 is 2.83 bits per heavy atom. The zero-order chi connectivity index (χ0) is 8.23. The summed E-state index contributed by atoms with van der Waals surface area (Å²) in [6, 6.07) is 10.6. The Bertz CT molecular complexity index is 232. The molecular weight excluding hydrogens is 154 g/mol. The Kier molecular flexibility index (Phi) is 2.36. The van der Waals surface area contributed by atoms with Crippen molar-refractivity contribution in [3.8, 4) is 0 Å². The predicted molar refractivity (Wildman–Crippen MR) is 44.1 cm³/mol. The molecule has 0 spiro atoms. The Hall–Kier alpha value is -0.900. The zero-order valence-corrected chi connectivity index (χ0v) is 6.69. The smallest absolute Gasteiger partial charge is 0.102 e. The Labute approximate surface area is 71.2 Å². The van der Waals surface area contributed by atoms with Gasteiger partial charge in [-0.25, -0.2) is 4.89 Å². The van der Waals surface area contributed by atoms with Gasteiger partial charge in [-0.1, -0.05) is 30.3 Å². The minimum Gasteiger partial charge on any atom is -0.216 e. The second-order valence-corrected chi connectivity index (χ2v) is 2.87. The molecule has 1 heterocycles. The lowest BCUT2D eigenvalue weighted by Crippen LogP contribution is -2.24. The number of hydrogen-bond acceptors (Lipinski definition) is 3. The minimum atomic E-state index is 0.285. The van der Waals surface area contributed by atoms with E-state index in [2.05, 4.69) is 22.6 Å². The molecule has 0 aromatic heterocycles. The Morgan fingerprint density at radius 1 is 1.33 bits per heavy atom. The normalized spacial score (nSPS) is 22.8. The van der Waals surface area contributed by atoms with Gasteiger partial charge < -0.3 is 0 Å². The minimum absolute atomic E-state index is 0.285. The maximum Gasteiger partial charge on any atom is 0.102 e. The van der Waals surface area contributed by atoms with Gasteiger partial charge in [0.05, 0.1) is 6.04 Å². The highest BCUT2D eigenvalue weighted by atomic mass is 17.3. The molecule has 0 amide bonds. The van der Waals surface area contributed by atoms with Crippen LogP contribution in [0.3, 0.4) is 0 Å². The van der Waals surface area contributed by atoms with Crippen LogP contribution in [0.1, 0.15) is 5.56 Å². The van der Waals surface area contributed by atoms with Crippen LogP contribution in [0.25, 0.3) is 0 Å². The summed E-state index contributed by atoms with van der Waals surface area (Å²) in [5, 5.41) is 0. The molecule has 1 aromatic rings. The summed E-state index contributed by atoms with van der Waals surface area (Å²) in [6.45, 7) is 0.620. The fraction of sp³-hybridized carbons (Fsp3) is 0.333. The quantitative estimate of drug-likeness (QED) is 0.665. The SMILES string of the molecule is c1ccc(C[C@H]2COON2)cc1.